The summed E-state index contributed by atoms with van der Waals surface area (Å²) < 4.78 is 0. The summed E-state index contributed by atoms with van der Waals surface area (Å²) in [5.41, 5.74) is 0.635. The van der Waals surface area contributed by atoms with Gasteiger partial charge in [-0.25, -0.2) is 4.79 Å². The number of rotatable bonds is 3. The van der Waals surface area contributed by atoms with E-state index in [0.29, 0.717) is 24.1 Å². The number of hydrogen-bond acceptors (Lipinski definition) is 3. The molecule has 20 heavy (non-hydrogen) atoms. The Hall–Kier alpha value is -2.37. The number of aryl methyl sites for hydroxylation is 1. The molecule has 1 aliphatic rings. The topological polar surface area (TPSA) is 95.5 Å². The molecule has 0 aromatic heterocycles. The number of aliphatic carboxylic acids is 1. The van der Waals surface area contributed by atoms with E-state index < -0.39 is 17.4 Å². The largest absolute Gasteiger partial charge is 0.480 e. The Kier molecular flexibility index (Phi) is 3.48. The van der Waals surface area contributed by atoms with E-state index in [0.717, 1.165) is 5.56 Å². The van der Waals surface area contributed by atoms with Crippen molar-refractivity contribution in [3.63, 3.8) is 0 Å². The van der Waals surface area contributed by atoms with Crippen LogP contribution in [0.5, 0.6) is 0 Å². The molecule has 2 amide bonds. The van der Waals surface area contributed by atoms with Crippen molar-refractivity contribution in [2.24, 2.45) is 0 Å². The van der Waals surface area contributed by atoms with Crippen LogP contribution in [0.3, 0.4) is 0 Å². The standard InChI is InChI=1S/C14H16N2O4/c1-14(2,13(19)20)16-12(18)9-3-5-10-8(7-9)4-6-11(17)15-10/h3,5,7H,4,6H2,1-2H3,(H,15,17)(H,16,18)(H,19,20). The first-order chi connectivity index (χ1) is 9.29. The molecule has 0 saturated heterocycles. The Labute approximate surface area is 116 Å². The van der Waals surface area contributed by atoms with Crippen molar-refractivity contribution in [1.82, 2.24) is 5.32 Å². The number of carbonyl (C=O) groups is 3. The second kappa shape index (κ2) is 4.96. The molecule has 0 aliphatic carbocycles. The van der Waals surface area contributed by atoms with Gasteiger partial charge in [0, 0.05) is 17.7 Å². The molecule has 0 unspecified atom stereocenters. The minimum Gasteiger partial charge on any atom is -0.480 e. The Morgan fingerprint density at radius 1 is 1.30 bits per heavy atom. The van der Waals surface area contributed by atoms with Crippen LogP contribution in [0.2, 0.25) is 0 Å². The van der Waals surface area contributed by atoms with Crippen LogP contribution >= 0.6 is 0 Å². The van der Waals surface area contributed by atoms with E-state index in [2.05, 4.69) is 10.6 Å². The summed E-state index contributed by atoms with van der Waals surface area (Å²) in [6, 6.07) is 4.91. The molecule has 3 N–H and O–H groups in total. The van der Waals surface area contributed by atoms with E-state index in [1.54, 1.807) is 18.2 Å². The molecular formula is C14H16N2O4. The fraction of sp³-hybridized carbons (Fsp3) is 0.357. The fourth-order valence-corrected chi connectivity index (χ4v) is 1.93. The summed E-state index contributed by atoms with van der Waals surface area (Å²) in [6.07, 6.45) is 0.962. The van der Waals surface area contributed by atoms with Crippen molar-refractivity contribution in [2.75, 3.05) is 5.32 Å². The monoisotopic (exact) mass is 276 g/mol. The van der Waals surface area contributed by atoms with Gasteiger partial charge in [0.2, 0.25) is 5.91 Å². The highest BCUT2D eigenvalue weighted by atomic mass is 16.4. The highest BCUT2D eigenvalue weighted by molar-refractivity contribution is 5.99. The van der Waals surface area contributed by atoms with E-state index in [1.165, 1.54) is 13.8 Å². The van der Waals surface area contributed by atoms with Gasteiger partial charge < -0.3 is 15.7 Å². The Morgan fingerprint density at radius 3 is 2.65 bits per heavy atom. The van der Waals surface area contributed by atoms with Gasteiger partial charge in [-0.3, -0.25) is 9.59 Å². The van der Waals surface area contributed by atoms with Crippen LogP contribution in [0.1, 0.15) is 36.2 Å². The molecule has 0 spiro atoms. The predicted octanol–water partition coefficient (Wildman–Crippen LogP) is 1.16. The van der Waals surface area contributed by atoms with E-state index in [1.807, 2.05) is 0 Å². The zero-order chi connectivity index (χ0) is 14.9. The number of carboxylic acid groups (broad SMARTS) is 1. The molecule has 0 atom stereocenters. The summed E-state index contributed by atoms with van der Waals surface area (Å²) in [4.78, 5) is 34.3. The van der Waals surface area contributed by atoms with Gasteiger partial charge in [-0.2, -0.15) is 0 Å². The average Bonchev–Trinajstić information content (AvgIpc) is 2.37. The van der Waals surface area contributed by atoms with Crippen LogP contribution in [0.15, 0.2) is 18.2 Å². The van der Waals surface area contributed by atoms with Crippen LogP contribution in [-0.4, -0.2) is 28.4 Å². The number of fused-ring (bicyclic) bond motifs is 1. The number of carbonyl (C=O) groups excluding carboxylic acids is 2. The third-order valence-corrected chi connectivity index (χ3v) is 3.22. The Morgan fingerprint density at radius 2 is 2.00 bits per heavy atom. The Balaban J connectivity index is 2.20. The Bertz CT molecular complexity index is 593. The predicted molar refractivity (Wildman–Crippen MR) is 72.6 cm³/mol. The molecule has 6 heteroatoms. The molecule has 6 nitrogen and oxygen atoms in total. The van der Waals surface area contributed by atoms with E-state index in [4.69, 9.17) is 5.11 Å². The van der Waals surface area contributed by atoms with Gasteiger partial charge >= 0.3 is 5.97 Å². The molecule has 106 valence electrons. The third-order valence-electron chi connectivity index (χ3n) is 3.22. The second-order valence-corrected chi connectivity index (χ2v) is 5.30. The van der Waals surface area contributed by atoms with Gasteiger partial charge in [0.1, 0.15) is 5.54 Å². The number of anilines is 1. The maximum absolute atomic E-state index is 12.1. The summed E-state index contributed by atoms with van der Waals surface area (Å²) >= 11 is 0. The highest BCUT2D eigenvalue weighted by Crippen LogP contribution is 2.23. The van der Waals surface area contributed by atoms with Crippen molar-refractivity contribution in [3.05, 3.63) is 29.3 Å². The van der Waals surface area contributed by atoms with Crippen molar-refractivity contribution >= 4 is 23.5 Å². The SMILES string of the molecule is CC(C)(NC(=O)c1ccc2c(c1)CCC(=O)N2)C(=O)O. The van der Waals surface area contributed by atoms with E-state index >= 15 is 0 Å². The summed E-state index contributed by atoms with van der Waals surface area (Å²) in [5, 5.41) is 14.2. The van der Waals surface area contributed by atoms with Crippen LogP contribution < -0.4 is 10.6 Å². The van der Waals surface area contributed by atoms with Gasteiger partial charge in [0.25, 0.3) is 5.91 Å². The van der Waals surface area contributed by atoms with Gasteiger partial charge in [0.05, 0.1) is 0 Å². The molecule has 1 aromatic carbocycles. The lowest BCUT2D eigenvalue weighted by Crippen LogP contribution is -2.49. The first-order valence-corrected chi connectivity index (χ1v) is 6.28. The van der Waals surface area contributed by atoms with Crippen molar-refractivity contribution in [2.45, 2.75) is 32.2 Å². The maximum Gasteiger partial charge on any atom is 0.328 e. The zero-order valence-electron chi connectivity index (χ0n) is 11.3. The molecule has 1 aliphatic heterocycles. The maximum atomic E-state index is 12.1. The van der Waals surface area contributed by atoms with E-state index in [9.17, 15) is 14.4 Å². The molecule has 0 bridgehead atoms. The minimum absolute atomic E-state index is 0.0401. The molecular weight excluding hydrogens is 260 g/mol. The zero-order valence-corrected chi connectivity index (χ0v) is 11.3. The number of nitrogens with one attached hydrogen (secondary N) is 2. The third kappa shape index (κ3) is 2.79. The number of hydrogen-bond donors (Lipinski definition) is 3. The summed E-state index contributed by atoms with van der Waals surface area (Å²) in [6.45, 7) is 2.84. The lowest BCUT2D eigenvalue weighted by Gasteiger charge is -2.22. The van der Waals surface area contributed by atoms with Crippen molar-refractivity contribution in [1.29, 1.82) is 0 Å². The van der Waals surface area contributed by atoms with Crippen LogP contribution in [0, 0.1) is 0 Å². The van der Waals surface area contributed by atoms with E-state index in [-0.39, 0.29) is 5.91 Å². The first-order valence-electron chi connectivity index (χ1n) is 6.28. The number of carboxylic acids is 1. The van der Waals surface area contributed by atoms with Crippen LogP contribution in [0.25, 0.3) is 0 Å². The number of amides is 2. The fourth-order valence-electron chi connectivity index (χ4n) is 1.93. The lowest BCUT2D eigenvalue weighted by atomic mass is 9.99. The molecule has 1 heterocycles. The summed E-state index contributed by atoms with van der Waals surface area (Å²) in [5.74, 6) is -1.59. The van der Waals surface area contributed by atoms with Crippen LogP contribution in [0.4, 0.5) is 5.69 Å². The molecule has 0 saturated carbocycles. The minimum atomic E-state index is -1.33. The average molecular weight is 276 g/mol. The quantitative estimate of drug-likeness (QED) is 0.772. The van der Waals surface area contributed by atoms with Crippen LogP contribution in [-0.2, 0) is 16.0 Å². The van der Waals surface area contributed by atoms with Gasteiger partial charge in [-0.05, 0) is 44.0 Å². The molecule has 1 aromatic rings. The number of benzene rings is 1. The van der Waals surface area contributed by atoms with Gasteiger partial charge in [-0.1, -0.05) is 0 Å². The molecule has 2 rings (SSSR count). The molecule has 0 fully saturated rings. The lowest BCUT2D eigenvalue weighted by molar-refractivity contribution is -0.143. The first kappa shape index (κ1) is 14.0. The van der Waals surface area contributed by atoms with Gasteiger partial charge in [-0.15, -0.1) is 0 Å². The van der Waals surface area contributed by atoms with Gasteiger partial charge in [0.15, 0.2) is 0 Å². The second-order valence-electron chi connectivity index (χ2n) is 5.30. The van der Waals surface area contributed by atoms with Crippen molar-refractivity contribution in [3.8, 4) is 0 Å². The molecule has 0 radical (unpaired) electrons. The normalized spacial score (nSPS) is 14.2. The smallest absolute Gasteiger partial charge is 0.328 e. The highest BCUT2D eigenvalue weighted by Gasteiger charge is 2.29. The summed E-state index contributed by atoms with van der Waals surface area (Å²) in [7, 11) is 0. The van der Waals surface area contributed by atoms with Crippen molar-refractivity contribution < 1.29 is 19.5 Å².